The highest BCUT2D eigenvalue weighted by Gasteiger charge is 2.23. The van der Waals surface area contributed by atoms with Gasteiger partial charge in [-0.2, -0.15) is 0 Å². The summed E-state index contributed by atoms with van der Waals surface area (Å²) >= 11 is 0. The van der Waals surface area contributed by atoms with E-state index < -0.39 is 23.7 Å². The number of aliphatic carboxylic acids is 1. The van der Waals surface area contributed by atoms with Crippen molar-refractivity contribution in [3.63, 3.8) is 0 Å². The van der Waals surface area contributed by atoms with E-state index in [1.807, 2.05) is 0 Å². The van der Waals surface area contributed by atoms with Crippen LogP contribution in [-0.4, -0.2) is 39.8 Å². The molecule has 0 spiro atoms. The molecule has 2 aromatic rings. The van der Waals surface area contributed by atoms with Crippen molar-refractivity contribution < 1.29 is 24.2 Å². The van der Waals surface area contributed by atoms with E-state index in [-0.39, 0.29) is 6.42 Å². The summed E-state index contributed by atoms with van der Waals surface area (Å²) in [6, 6.07) is 6.07. The van der Waals surface area contributed by atoms with Crippen LogP contribution in [0.15, 0.2) is 30.5 Å². The highest BCUT2D eigenvalue weighted by molar-refractivity contribution is 5.92. The van der Waals surface area contributed by atoms with Gasteiger partial charge in [-0.15, -0.1) is 0 Å². The minimum Gasteiger partial charge on any atom is -0.480 e. The Hall–Kier alpha value is -2.83. The first kappa shape index (κ1) is 17.5. The van der Waals surface area contributed by atoms with Gasteiger partial charge in [0.1, 0.15) is 11.6 Å². The van der Waals surface area contributed by atoms with E-state index in [1.54, 1.807) is 51.2 Å². The number of carboxylic acids is 1. The number of hydrogen-bond acceptors (Lipinski definition) is 4. The maximum absolute atomic E-state index is 12.4. The lowest BCUT2D eigenvalue weighted by molar-refractivity contribution is -0.140. The highest BCUT2D eigenvalue weighted by Crippen LogP contribution is 2.24. The topological polar surface area (TPSA) is 97.6 Å². The Bertz CT molecular complexity index is 773. The van der Waals surface area contributed by atoms with E-state index in [4.69, 9.17) is 4.74 Å². The molecule has 2 rings (SSSR count). The Kier molecular flexibility index (Phi) is 4.92. The number of fused-ring (bicyclic) bond motifs is 1. The first-order valence-electron chi connectivity index (χ1n) is 7.48. The maximum atomic E-state index is 12.4. The molecule has 1 heterocycles. The van der Waals surface area contributed by atoms with Crippen molar-refractivity contribution >= 4 is 29.4 Å². The number of nitrogens with one attached hydrogen (secondary N) is 1. The lowest BCUT2D eigenvalue weighted by atomic mass is 10.1. The second-order valence-electron chi connectivity index (χ2n) is 6.40. The number of carboxylic acid groups (broad SMARTS) is 1. The van der Waals surface area contributed by atoms with Gasteiger partial charge in [0.25, 0.3) is 0 Å². The number of nitrogens with zero attached hydrogens (tertiary/aromatic N) is 1. The zero-order valence-corrected chi connectivity index (χ0v) is 13.8. The summed E-state index contributed by atoms with van der Waals surface area (Å²) in [4.78, 5) is 34.2. The Morgan fingerprint density at radius 2 is 2.00 bits per heavy atom. The summed E-state index contributed by atoms with van der Waals surface area (Å²) in [5.74, 6) is -1.14. The van der Waals surface area contributed by atoms with E-state index >= 15 is 0 Å². The van der Waals surface area contributed by atoms with Gasteiger partial charge in [0, 0.05) is 18.0 Å². The number of ether oxygens (including phenoxy) is 1. The molecule has 1 atom stereocenters. The highest BCUT2D eigenvalue weighted by atomic mass is 16.6. The lowest BCUT2D eigenvalue weighted by Crippen LogP contribution is -2.37. The van der Waals surface area contributed by atoms with Gasteiger partial charge in [-0.3, -0.25) is 9.36 Å². The molecule has 1 amide bonds. The molecule has 1 unspecified atom stereocenters. The van der Waals surface area contributed by atoms with E-state index in [1.165, 1.54) is 4.57 Å². The number of carbonyl (C=O) groups is 3. The number of carbonyl (C=O) groups excluding carboxylic acids is 2. The van der Waals surface area contributed by atoms with Gasteiger partial charge in [-0.25, -0.2) is 9.59 Å². The van der Waals surface area contributed by atoms with Gasteiger partial charge in [0.2, 0.25) is 6.41 Å². The SMILES string of the molecule is CC(C)(C)OC(=O)n1cc(CC(NC=O)C(=O)O)c2ccccc21. The zero-order chi connectivity index (χ0) is 17.9. The fourth-order valence-electron chi connectivity index (χ4n) is 2.39. The van der Waals surface area contributed by atoms with Crippen LogP contribution in [0.4, 0.5) is 4.79 Å². The minimum absolute atomic E-state index is 0.0599. The lowest BCUT2D eigenvalue weighted by Gasteiger charge is -2.19. The molecule has 0 aliphatic carbocycles. The molecule has 7 nitrogen and oxygen atoms in total. The normalized spacial score (nSPS) is 12.6. The van der Waals surface area contributed by atoms with Crippen LogP contribution in [0.3, 0.4) is 0 Å². The molecule has 24 heavy (non-hydrogen) atoms. The molecule has 0 aliphatic rings. The number of para-hydroxylation sites is 1. The smallest absolute Gasteiger partial charge is 0.419 e. The Labute approximate surface area is 139 Å². The average Bonchev–Trinajstić information content (AvgIpc) is 2.84. The summed E-state index contributed by atoms with van der Waals surface area (Å²) in [5, 5.41) is 12.2. The van der Waals surface area contributed by atoms with Gasteiger partial charge >= 0.3 is 12.1 Å². The van der Waals surface area contributed by atoms with E-state index in [2.05, 4.69) is 5.32 Å². The number of hydrogen-bond donors (Lipinski definition) is 2. The summed E-state index contributed by atoms with van der Waals surface area (Å²) in [5.41, 5.74) is 0.612. The molecule has 0 aliphatic heterocycles. The van der Waals surface area contributed by atoms with Crippen LogP contribution in [0.1, 0.15) is 26.3 Å². The molecular formula is C17H20N2O5. The van der Waals surface area contributed by atoms with Crippen molar-refractivity contribution in [2.24, 2.45) is 0 Å². The van der Waals surface area contributed by atoms with Crippen molar-refractivity contribution in [1.29, 1.82) is 0 Å². The van der Waals surface area contributed by atoms with Crippen LogP contribution in [0.25, 0.3) is 10.9 Å². The quantitative estimate of drug-likeness (QED) is 0.818. The van der Waals surface area contributed by atoms with Crippen molar-refractivity contribution in [2.75, 3.05) is 0 Å². The molecule has 0 radical (unpaired) electrons. The molecule has 128 valence electrons. The van der Waals surface area contributed by atoms with E-state index in [9.17, 15) is 19.5 Å². The number of aromatic nitrogens is 1. The van der Waals surface area contributed by atoms with Crippen LogP contribution in [0, 0.1) is 0 Å². The standard InChI is InChI=1S/C17H20N2O5/c1-17(2,3)24-16(23)19-9-11(8-13(15(21)22)18-10-20)12-6-4-5-7-14(12)19/h4-7,9-10,13H,8H2,1-3H3,(H,18,20)(H,21,22). The van der Waals surface area contributed by atoms with Gasteiger partial charge in [-0.05, 0) is 32.4 Å². The van der Waals surface area contributed by atoms with Crippen LogP contribution in [0.2, 0.25) is 0 Å². The number of amides is 1. The summed E-state index contributed by atoms with van der Waals surface area (Å²) < 4.78 is 6.74. The Morgan fingerprint density at radius 3 is 2.58 bits per heavy atom. The number of benzene rings is 1. The van der Waals surface area contributed by atoms with Gasteiger partial charge in [0.15, 0.2) is 0 Å². The molecule has 1 aromatic heterocycles. The molecule has 0 bridgehead atoms. The fourth-order valence-corrected chi connectivity index (χ4v) is 2.39. The molecule has 0 saturated carbocycles. The first-order chi connectivity index (χ1) is 11.2. The molecule has 7 heteroatoms. The second-order valence-corrected chi connectivity index (χ2v) is 6.40. The number of rotatable bonds is 5. The van der Waals surface area contributed by atoms with Crippen molar-refractivity contribution in [3.8, 4) is 0 Å². The predicted molar refractivity (Wildman–Crippen MR) is 87.9 cm³/mol. The maximum Gasteiger partial charge on any atom is 0.419 e. The average molecular weight is 332 g/mol. The predicted octanol–water partition coefficient (Wildman–Crippen LogP) is 2.17. The van der Waals surface area contributed by atoms with Crippen LogP contribution >= 0.6 is 0 Å². The molecule has 1 aromatic carbocycles. The molecule has 0 saturated heterocycles. The Morgan fingerprint density at radius 1 is 1.33 bits per heavy atom. The van der Waals surface area contributed by atoms with Crippen LogP contribution < -0.4 is 5.32 Å². The largest absolute Gasteiger partial charge is 0.480 e. The van der Waals surface area contributed by atoms with Crippen molar-refractivity contribution in [3.05, 3.63) is 36.0 Å². The third-order valence-corrected chi connectivity index (χ3v) is 3.38. The molecule has 0 fully saturated rings. The third-order valence-electron chi connectivity index (χ3n) is 3.38. The Balaban J connectivity index is 2.43. The third kappa shape index (κ3) is 3.92. The summed E-state index contributed by atoms with van der Waals surface area (Å²) in [6.45, 7) is 5.31. The zero-order valence-electron chi connectivity index (χ0n) is 13.8. The summed E-state index contributed by atoms with van der Waals surface area (Å²) in [7, 11) is 0. The van der Waals surface area contributed by atoms with E-state index in [0.717, 1.165) is 5.39 Å². The van der Waals surface area contributed by atoms with Gasteiger partial charge < -0.3 is 15.2 Å². The van der Waals surface area contributed by atoms with Crippen LogP contribution in [-0.2, 0) is 20.7 Å². The fraction of sp³-hybridized carbons (Fsp3) is 0.353. The minimum atomic E-state index is -1.14. The van der Waals surface area contributed by atoms with E-state index in [0.29, 0.717) is 17.5 Å². The molecule has 2 N–H and O–H groups in total. The van der Waals surface area contributed by atoms with Gasteiger partial charge in [0.05, 0.1) is 5.52 Å². The van der Waals surface area contributed by atoms with Crippen LogP contribution in [0.5, 0.6) is 0 Å². The summed E-state index contributed by atoms with van der Waals surface area (Å²) in [6.07, 6.45) is 1.43. The van der Waals surface area contributed by atoms with Crippen molar-refractivity contribution in [2.45, 2.75) is 38.8 Å². The first-order valence-corrected chi connectivity index (χ1v) is 7.48. The molecular weight excluding hydrogens is 312 g/mol. The monoisotopic (exact) mass is 332 g/mol. The second kappa shape index (κ2) is 6.74. The van der Waals surface area contributed by atoms with Gasteiger partial charge in [-0.1, -0.05) is 18.2 Å². The van der Waals surface area contributed by atoms with Crippen molar-refractivity contribution in [1.82, 2.24) is 9.88 Å².